The van der Waals surface area contributed by atoms with Crippen molar-refractivity contribution in [2.24, 2.45) is 0 Å². The van der Waals surface area contributed by atoms with Crippen molar-refractivity contribution >= 4 is 17.8 Å². The lowest BCUT2D eigenvalue weighted by atomic mass is 10.1. The van der Waals surface area contributed by atoms with Crippen LogP contribution in [0.2, 0.25) is 0 Å². The average Bonchev–Trinajstić information content (AvgIpc) is 2.50. The second-order valence-corrected chi connectivity index (χ2v) is 7.98. The molecule has 0 fully saturated rings. The van der Waals surface area contributed by atoms with Gasteiger partial charge in [-0.25, -0.2) is 9.59 Å². The standard InChI is InChI=1S/C21H27NO5/c1-20(2,3)26-18(24)17(22-19(25)27-21(4,5)6)14-16(23)13-12-15-10-8-7-9-11-15/h7-11,17H,14H2,1-6H3,(H,22,25). The van der Waals surface area contributed by atoms with E-state index in [2.05, 4.69) is 17.2 Å². The van der Waals surface area contributed by atoms with E-state index < -0.39 is 35.1 Å². The molecule has 1 atom stereocenters. The van der Waals surface area contributed by atoms with E-state index in [9.17, 15) is 14.4 Å². The Morgan fingerprint density at radius 1 is 0.963 bits per heavy atom. The minimum atomic E-state index is -1.18. The van der Waals surface area contributed by atoms with E-state index in [0.717, 1.165) is 0 Å². The Hall–Kier alpha value is -2.81. The van der Waals surface area contributed by atoms with E-state index in [1.165, 1.54) is 0 Å². The first-order valence-corrected chi connectivity index (χ1v) is 8.68. The Balaban J connectivity index is 2.87. The molecule has 27 heavy (non-hydrogen) atoms. The van der Waals surface area contributed by atoms with Crippen molar-refractivity contribution in [2.75, 3.05) is 0 Å². The summed E-state index contributed by atoms with van der Waals surface area (Å²) in [5.41, 5.74) is -0.816. The molecule has 1 aromatic rings. The molecular formula is C21H27NO5. The van der Waals surface area contributed by atoms with Gasteiger partial charge in [-0.1, -0.05) is 24.1 Å². The molecule has 1 unspecified atom stereocenters. The minimum Gasteiger partial charge on any atom is -0.458 e. The number of alkyl carbamates (subject to hydrolysis) is 1. The molecule has 0 radical (unpaired) electrons. The first-order chi connectivity index (χ1) is 12.4. The van der Waals surface area contributed by atoms with Crippen LogP contribution in [0.3, 0.4) is 0 Å². The molecule has 0 aromatic heterocycles. The number of hydrogen-bond acceptors (Lipinski definition) is 5. The van der Waals surface area contributed by atoms with Gasteiger partial charge in [-0.15, -0.1) is 0 Å². The van der Waals surface area contributed by atoms with E-state index in [-0.39, 0.29) is 6.42 Å². The fourth-order valence-electron chi connectivity index (χ4n) is 1.92. The zero-order valence-electron chi connectivity index (χ0n) is 16.7. The van der Waals surface area contributed by atoms with Crippen LogP contribution in [-0.2, 0) is 19.1 Å². The summed E-state index contributed by atoms with van der Waals surface area (Å²) < 4.78 is 10.4. The van der Waals surface area contributed by atoms with Gasteiger partial charge in [-0.05, 0) is 59.6 Å². The molecule has 0 saturated carbocycles. The van der Waals surface area contributed by atoms with Gasteiger partial charge in [0, 0.05) is 12.0 Å². The van der Waals surface area contributed by atoms with Crippen LogP contribution in [0.4, 0.5) is 4.79 Å². The average molecular weight is 373 g/mol. The van der Waals surface area contributed by atoms with Crippen molar-refractivity contribution in [1.82, 2.24) is 5.32 Å². The predicted octanol–water partition coefficient (Wildman–Crippen LogP) is 3.23. The molecule has 0 aliphatic heterocycles. The fraction of sp³-hybridized carbons (Fsp3) is 0.476. The summed E-state index contributed by atoms with van der Waals surface area (Å²) in [5, 5.41) is 2.40. The zero-order valence-corrected chi connectivity index (χ0v) is 16.7. The van der Waals surface area contributed by atoms with Crippen molar-refractivity contribution in [2.45, 2.75) is 65.2 Å². The van der Waals surface area contributed by atoms with Gasteiger partial charge in [-0.3, -0.25) is 4.79 Å². The number of hydrogen-bond donors (Lipinski definition) is 1. The molecule has 1 rings (SSSR count). The van der Waals surface area contributed by atoms with Crippen molar-refractivity contribution in [3.8, 4) is 11.8 Å². The second-order valence-electron chi connectivity index (χ2n) is 7.98. The molecule has 6 nitrogen and oxygen atoms in total. The third-order valence-electron chi connectivity index (χ3n) is 2.89. The van der Waals surface area contributed by atoms with Gasteiger partial charge in [0.15, 0.2) is 0 Å². The maximum absolute atomic E-state index is 12.4. The molecule has 0 heterocycles. The molecule has 1 aromatic carbocycles. The lowest BCUT2D eigenvalue weighted by Crippen LogP contribution is -2.46. The van der Waals surface area contributed by atoms with Crippen LogP contribution in [0.1, 0.15) is 53.5 Å². The normalized spacial score (nSPS) is 12.2. The van der Waals surface area contributed by atoms with Crippen molar-refractivity contribution in [3.05, 3.63) is 35.9 Å². The number of benzene rings is 1. The first-order valence-electron chi connectivity index (χ1n) is 8.68. The van der Waals surface area contributed by atoms with E-state index in [1.54, 1.807) is 53.7 Å². The quantitative estimate of drug-likeness (QED) is 0.647. The van der Waals surface area contributed by atoms with Crippen molar-refractivity contribution in [3.63, 3.8) is 0 Å². The highest BCUT2D eigenvalue weighted by Gasteiger charge is 2.30. The van der Waals surface area contributed by atoms with Crippen LogP contribution in [0.25, 0.3) is 0 Å². The van der Waals surface area contributed by atoms with Crippen molar-refractivity contribution in [1.29, 1.82) is 0 Å². The topological polar surface area (TPSA) is 81.7 Å². The van der Waals surface area contributed by atoms with Gasteiger partial charge < -0.3 is 14.8 Å². The molecular weight excluding hydrogens is 346 g/mol. The van der Waals surface area contributed by atoms with Crippen molar-refractivity contribution < 1.29 is 23.9 Å². The second kappa shape index (κ2) is 9.22. The van der Waals surface area contributed by atoms with Gasteiger partial charge in [0.2, 0.25) is 5.78 Å². The van der Waals surface area contributed by atoms with Crippen LogP contribution < -0.4 is 5.32 Å². The number of carbonyl (C=O) groups is 3. The number of esters is 1. The Morgan fingerprint density at radius 3 is 2.04 bits per heavy atom. The number of amides is 1. The summed E-state index contributed by atoms with van der Waals surface area (Å²) in [6.07, 6.45) is -1.12. The fourth-order valence-corrected chi connectivity index (χ4v) is 1.92. The summed E-state index contributed by atoms with van der Waals surface area (Å²) in [7, 11) is 0. The summed E-state index contributed by atoms with van der Waals surface area (Å²) in [5.74, 6) is 4.00. The molecule has 1 N–H and O–H groups in total. The van der Waals surface area contributed by atoms with E-state index in [4.69, 9.17) is 9.47 Å². The predicted molar refractivity (Wildman–Crippen MR) is 102 cm³/mol. The van der Waals surface area contributed by atoms with Crippen LogP contribution >= 0.6 is 0 Å². The van der Waals surface area contributed by atoms with Crippen LogP contribution in [0.15, 0.2) is 30.3 Å². The molecule has 1 amide bonds. The molecule has 146 valence electrons. The van der Waals surface area contributed by atoms with Gasteiger partial charge in [0.05, 0.1) is 0 Å². The highest BCUT2D eigenvalue weighted by Crippen LogP contribution is 2.12. The summed E-state index contributed by atoms with van der Waals surface area (Å²) in [4.78, 5) is 36.6. The Morgan fingerprint density at radius 2 is 1.52 bits per heavy atom. The van der Waals surface area contributed by atoms with E-state index in [0.29, 0.717) is 5.56 Å². The van der Waals surface area contributed by atoms with Gasteiger partial charge in [0.25, 0.3) is 0 Å². The molecule has 0 saturated heterocycles. The van der Waals surface area contributed by atoms with Crippen LogP contribution in [-0.4, -0.2) is 35.1 Å². The number of ketones is 1. The number of carbonyl (C=O) groups excluding carboxylic acids is 3. The summed E-state index contributed by atoms with van der Waals surface area (Å²) >= 11 is 0. The monoisotopic (exact) mass is 373 g/mol. The van der Waals surface area contributed by atoms with E-state index in [1.807, 2.05) is 18.2 Å². The Bertz CT molecular complexity index is 730. The summed E-state index contributed by atoms with van der Waals surface area (Å²) in [6.45, 7) is 10.2. The first kappa shape index (κ1) is 22.2. The number of rotatable bonds is 4. The molecule has 6 heteroatoms. The van der Waals surface area contributed by atoms with Crippen LogP contribution in [0.5, 0.6) is 0 Å². The largest absolute Gasteiger partial charge is 0.458 e. The molecule has 0 aliphatic carbocycles. The molecule has 0 aliphatic rings. The number of ether oxygens (including phenoxy) is 2. The lowest BCUT2D eigenvalue weighted by molar-refractivity contribution is -0.158. The zero-order chi connectivity index (χ0) is 20.7. The Kier molecular flexibility index (Phi) is 7.59. The maximum atomic E-state index is 12.4. The van der Waals surface area contributed by atoms with Crippen LogP contribution in [0, 0.1) is 11.8 Å². The maximum Gasteiger partial charge on any atom is 0.408 e. The summed E-state index contributed by atoms with van der Waals surface area (Å²) in [6, 6.07) is 7.81. The third-order valence-corrected chi connectivity index (χ3v) is 2.89. The van der Waals surface area contributed by atoms with Gasteiger partial charge in [-0.2, -0.15) is 0 Å². The van der Waals surface area contributed by atoms with Gasteiger partial charge >= 0.3 is 12.1 Å². The number of Topliss-reactive ketones (excluding diaryl/α,β-unsaturated/α-hetero) is 1. The molecule has 0 spiro atoms. The van der Waals surface area contributed by atoms with Gasteiger partial charge in [0.1, 0.15) is 17.2 Å². The Labute approximate surface area is 160 Å². The smallest absolute Gasteiger partial charge is 0.408 e. The number of nitrogens with one attached hydrogen (secondary N) is 1. The minimum absolute atomic E-state index is 0.312. The highest BCUT2D eigenvalue weighted by atomic mass is 16.6. The SMILES string of the molecule is CC(C)(C)OC(=O)NC(CC(=O)C#Cc1ccccc1)C(=O)OC(C)(C)C. The van der Waals surface area contributed by atoms with E-state index >= 15 is 0 Å². The lowest BCUT2D eigenvalue weighted by Gasteiger charge is -2.25. The highest BCUT2D eigenvalue weighted by molar-refractivity contribution is 5.99. The third kappa shape index (κ3) is 10.0. The molecule has 0 bridgehead atoms.